The molecule has 0 spiro atoms. The van der Waals surface area contributed by atoms with Crippen LogP contribution in [-0.4, -0.2) is 16.7 Å². The molecule has 0 radical (unpaired) electrons. The summed E-state index contributed by atoms with van der Waals surface area (Å²) < 4.78 is 5.41. The first-order valence-corrected chi connectivity index (χ1v) is 5.23. The summed E-state index contributed by atoms with van der Waals surface area (Å²) in [6.45, 7) is 5.38. The van der Waals surface area contributed by atoms with Crippen LogP contribution in [0.15, 0.2) is 5.38 Å². The number of thiazole rings is 1. The first-order valence-electron chi connectivity index (χ1n) is 3.98. The molecule has 0 aliphatic heterocycles. The van der Waals surface area contributed by atoms with Crippen molar-refractivity contribution in [3.63, 3.8) is 0 Å². The minimum absolute atomic E-state index is 0.385. The minimum Gasteiger partial charge on any atom is -0.444 e. The van der Waals surface area contributed by atoms with Crippen molar-refractivity contribution in [2.75, 3.05) is 5.32 Å². The molecular weight excluding hydrogens is 224 g/mol. The van der Waals surface area contributed by atoms with Crippen molar-refractivity contribution in [1.29, 1.82) is 0 Å². The monoisotopic (exact) mass is 234 g/mol. The van der Waals surface area contributed by atoms with Crippen LogP contribution in [-0.2, 0) is 4.74 Å². The number of aromatic nitrogens is 1. The Labute approximate surface area is 91.2 Å². The first kappa shape index (κ1) is 11.3. The number of rotatable bonds is 1. The van der Waals surface area contributed by atoms with Crippen LogP contribution in [0.4, 0.5) is 10.6 Å². The highest BCUT2D eigenvalue weighted by molar-refractivity contribution is 7.14. The molecule has 0 aliphatic rings. The molecule has 0 unspecified atom stereocenters. The summed E-state index contributed by atoms with van der Waals surface area (Å²) in [7, 11) is 0. The van der Waals surface area contributed by atoms with E-state index in [0.29, 0.717) is 10.3 Å². The average molecular weight is 235 g/mol. The lowest BCUT2D eigenvalue weighted by atomic mass is 10.2. The number of ether oxygens (including phenoxy) is 1. The van der Waals surface area contributed by atoms with Gasteiger partial charge in [-0.15, -0.1) is 11.3 Å². The summed E-state index contributed by atoms with van der Waals surface area (Å²) >= 11 is 6.84. The van der Waals surface area contributed by atoms with Crippen molar-refractivity contribution in [2.24, 2.45) is 0 Å². The van der Waals surface area contributed by atoms with Crippen molar-refractivity contribution < 1.29 is 9.53 Å². The quantitative estimate of drug-likeness (QED) is 0.812. The van der Waals surface area contributed by atoms with E-state index in [1.54, 1.807) is 26.2 Å². The lowest BCUT2D eigenvalue weighted by Gasteiger charge is -2.18. The van der Waals surface area contributed by atoms with Crippen molar-refractivity contribution in [1.82, 2.24) is 4.98 Å². The first-order chi connectivity index (χ1) is 6.37. The standard InChI is InChI=1S/C8H11ClN2O2S/c1-8(2,3)13-7(12)11-5-4-14-6(9)10-5/h4H,1-3H3,(H,11,12). The van der Waals surface area contributed by atoms with Crippen molar-refractivity contribution in [2.45, 2.75) is 26.4 Å². The van der Waals surface area contributed by atoms with Gasteiger partial charge >= 0.3 is 6.09 Å². The summed E-state index contributed by atoms with van der Waals surface area (Å²) in [5, 5.41) is 4.12. The molecule has 1 N–H and O–H groups in total. The zero-order chi connectivity index (χ0) is 10.8. The lowest BCUT2D eigenvalue weighted by molar-refractivity contribution is 0.0635. The second-order valence-corrected chi connectivity index (χ2v) is 5.05. The molecule has 14 heavy (non-hydrogen) atoms. The molecule has 0 aromatic carbocycles. The van der Waals surface area contributed by atoms with Crippen LogP contribution in [0.3, 0.4) is 0 Å². The van der Waals surface area contributed by atoms with E-state index in [1.165, 1.54) is 11.3 Å². The number of carbonyl (C=O) groups excluding carboxylic acids is 1. The molecule has 1 amide bonds. The number of amides is 1. The average Bonchev–Trinajstić information content (AvgIpc) is 2.30. The fourth-order valence-corrected chi connectivity index (χ4v) is 1.41. The van der Waals surface area contributed by atoms with Gasteiger partial charge in [-0.05, 0) is 20.8 Å². The van der Waals surface area contributed by atoms with Crippen LogP contribution >= 0.6 is 22.9 Å². The van der Waals surface area contributed by atoms with E-state index in [0.717, 1.165) is 0 Å². The molecular formula is C8H11ClN2O2S. The van der Waals surface area contributed by atoms with E-state index in [2.05, 4.69) is 10.3 Å². The fourth-order valence-electron chi connectivity index (χ4n) is 0.717. The molecule has 0 bridgehead atoms. The Morgan fingerprint density at radius 2 is 2.29 bits per heavy atom. The Hall–Kier alpha value is -0.810. The van der Waals surface area contributed by atoms with Gasteiger partial charge in [0.2, 0.25) is 0 Å². The van der Waals surface area contributed by atoms with E-state index >= 15 is 0 Å². The van der Waals surface area contributed by atoms with E-state index in [-0.39, 0.29) is 0 Å². The maximum absolute atomic E-state index is 11.2. The molecule has 1 aromatic rings. The molecule has 4 nitrogen and oxygen atoms in total. The molecule has 0 atom stereocenters. The van der Waals surface area contributed by atoms with Crippen LogP contribution in [0.25, 0.3) is 0 Å². The van der Waals surface area contributed by atoms with Crippen LogP contribution in [0.2, 0.25) is 4.47 Å². The second kappa shape index (κ2) is 4.14. The molecule has 1 rings (SSSR count). The Morgan fingerprint density at radius 1 is 1.64 bits per heavy atom. The zero-order valence-corrected chi connectivity index (χ0v) is 9.70. The van der Waals surface area contributed by atoms with Crippen LogP contribution in [0, 0.1) is 0 Å². The highest BCUT2D eigenvalue weighted by Gasteiger charge is 2.16. The number of hydrogen-bond acceptors (Lipinski definition) is 4. The zero-order valence-electron chi connectivity index (χ0n) is 8.13. The normalized spacial score (nSPS) is 11.1. The largest absolute Gasteiger partial charge is 0.444 e. The van der Waals surface area contributed by atoms with E-state index in [1.807, 2.05) is 0 Å². The Morgan fingerprint density at radius 3 is 2.71 bits per heavy atom. The third kappa shape index (κ3) is 3.93. The molecule has 6 heteroatoms. The van der Waals surface area contributed by atoms with E-state index in [4.69, 9.17) is 16.3 Å². The number of nitrogens with zero attached hydrogens (tertiary/aromatic N) is 1. The molecule has 78 valence electrons. The number of carbonyl (C=O) groups is 1. The number of halogens is 1. The summed E-state index contributed by atoms with van der Waals surface area (Å²) in [6, 6.07) is 0. The Kier molecular flexibility index (Phi) is 3.34. The third-order valence-corrected chi connectivity index (χ3v) is 2.08. The van der Waals surface area contributed by atoms with Gasteiger partial charge in [0.05, 0.1) is 0 Å². The molecule has 1 aromatic heterocycles. The van der Waals surface area contributed by atoms with Crippen LogP contribution < -0.4 is 5.32 Å². The lowest BCUT2D eigenvalue weighted by Crippen LogP contribution is -2.27. The van der Waals surface area contributed by atoms with Gasteiger partial charge in [0, 0.05) is 5.38 Å². The predicted molar refractivity (Wildman–Crippen MR) is 57.0 cm³/mol. The van der Waals surface area contributed by atoms with E-state index < -0.39 is 11.7 Å². The highest BCUT2D eigenvalue weighted by atomic mass is 35.5. The second-order valence-electron chi connectivity index (χ2n) is 3.61. The van der Waals surface area contributed by atoms with Gasteiger partial charge in [-0.3, -0.25) is 5.32 Å². The summed E-state index contributed by atoms with van der Waals surface area (Å²) in [5.74, 6) is 0.411. The van der Waals surface area contributed by atoms with Crippen LogP contribution in [0.5, 0.6) is 0 Å². The van der Waals surface area contributed by atoms with Gasteiger partial charge in [-0.1, -0.05) is 11.6 Å². The van der Waals surface area contributed by atoms with Gasteiger partial charge in [0.1, 0.15) is 11.4 Å². The minimum atomic E-state index is -0.528. The van der Waals surface area contributed by atoms with Gasteiger partial charge in [0.15, 0.2) is 4.47 Å². The van der Waals surface area contributed by atoms with Crippen molar-refractivity contribution in [3.8, 4) is 0 Å². The summed E-state index contributed by atoms with van der Waals surface area (Å²) in [5.41, 5.74) is -0.510. The predicted octanol–water partition coefficient (Wildman–Crippen LogP) is 3.14. The summed E-state index contributed by atoms with van der Waals surface area (Å²) in [6.07, 6.45) is -0.528. The van der Waals surface area contributed by atoms with Crippen LogP contribution in [0.1, 0.15) is 20.8 Å². The molecule has 1 heterocycles. The number of anilines is 1. The smallest absolute Gasteiger partial charge is 0.413 e. The van der Waals surface area contributed by atoms with Gasteiger partial charge in [0.25, 0.3) is 0 Å². The Balaban J connectivity index is 2.50. The van der Waals surface area contributed by atoms with Gasteiger partial charge in [-0.2, -0.15) is 0 Å². The topological polar surface area (TPSA) is 51.2 Å². The van der Waals surface area contributed by atoms with Crippen molar-refractivity contribution >= 4 is 34.8 Å². The fraction of sp³-hybridized carbons (Fsp3) is 0.500. The van der Waals surface area contributed by atoms with E-state index in [9.17, 15) is 4.79 Å². The molecule has 0 fully saturated rings. The van der Waals surface area contributed by atoms with Gasteiger partial charge in [-0.25, -0.2) is 9.78 Å². The molecule has 0 aliphatic carbocycles. The van der Waals surface area contributed by atoms with Gasteiger partial charge < -0.3 is 4.74 Å². The Bertz CT molecular complexity index is 332. The maximum atomic E-state index is 11.2. The molecule has 0 saturated heterocycles. The maximum Gasteiger partial charge on any atom is 0.413 e. The SMILES string of the molecule is CC(C)(C)OC(=O)Nc1csc(Cl)n1. The highest BCUT2D eigenvalue weighted by Crippen LogP contribution is 2.19. The summed E-state index contributed by atoms with van der Waals surface area (Å²) in [4.78, 5) is 15.1. The number of nitrogens with one attached hydrogen (secondary N) is 1. The third-order valence-electron chi connectivity index (χ3n) is 1.11. The molecule has 0 saturated carbocycles. The van der Waals surface area contributed by atoms with Crippen molar-refractivity contribution in [3.05, 3.63) is 9.85 Å². The number of hydrogen-bond donors (Lipinski definition) is 1.